The Hall–Kier alpha value is -0.545. The molecule has 0 saturated carbocycles. The van der Waals surface area contributed by atoms with Crippen molar-refractivity contribution in [2.75, 3.05) is 20.1 Å². The van der Waals surface area contributed by atoms with Crippen LogP contribution < -0.4 is 0 Å². The lowest BCUT2D eigenvalue weighted by atomic mass is 9.97. The minimum absolute atomic E-state index is 0.0243. The number of carboxylic acid groups (broad SMARTS) is 1. The molecule has 0 bridgehead atoms. The number of carbonyl (C=O) groups is 1. The third kappa shape index (κ3) is 2.45. The molecule has 1 aliphatic rings. The van der Waals surface area contributed by atoms with Gasteiger partial charge in [0.2, 0.25) is 0 Å². The van der Waals surface area contributed by atoms with Crippen LogP contribution >= 0.6 is 0 Å². The fraction of sp³-hybridized carbons (Fsp3) is 0.875. The lowest BCUT2D eigenvalue weighted by Crippen LogP contribution is -2.56. The quantitative estimate of drug-likeness (QED) is 0.587. The molecule has 1 aliphatic heterocycles. The summed E-state index contributed by atoms with van der Waals surface area (Å²) in [7, 11) is 7.66. The molecule has 1 heterocycles. The first-order valence-electron chi connectivity index (χ1n) is 4.45. The Balaban J connectivity index is 2.60. The molecule has 0 aliphatic carbocycles. The van der Waals surface area contributed by atoms with Crippen LogP contribution in [0.3, 0.4) is 0 Å². The molecule has 1 rings (SSSR count). The number of hydrogen-bond acceptors (Lipinski definition) is 3. The summed E-state index contributed by atoms with van der Waals surface area (Å²) in [6.45, 7) is 3.59. The summed E-state index contributed by atoms with van der Waals surface area (Å²) < 4.78 is 0. The number of hydrogen-bond donors (Lipinski definition) is 1. The normalized spacial score (nSPS) is 31.8. The van der Waals surface area contributed by atoms with Crippen LogP contribution in [0.2, 0.25) is 0 Å². The zero-order chi connectivity index (χ0) is 10.0. The fourth-order valence-corrected chi connectivity index (χ4v) is 1.74. The van der Waals surface area contributed by atoms with E-state index < -0.39 is 5.97 Å². The number of nitrogens with zero attached hydrogens (tertiary/aromatic N) is 2. The van der Waals surface area contributed by atoms with Gasteiger partial charge in [0.05, 0.1) is 6.42 Å². The van der Waals surface area contributed by atoms with Crippen LogP contribution in [0.25, 0.3) is 0 Å². The van der Waals surface area contributed by atoms with Gasteiger partial charge in [-0.2, -0.15) is 0 Å². The van der Waals surface area contributed by atoms with Crippen molar-refractivity contribution in [2.24, 2.45) is 0 Å². The second kappa shape index (κ2) is 4.11. The maximum Gasteiger partial charge on any atom is 0.304 e. The molecule has 0 amide bonds. The third-order valence-corrected chi connectivity index (χ3v) is 2.74. The lowest BCUT2D eigenvalue weighted by molar-refractivity contribution is -0.139. The van der Waals surface area contributed by atoms with Gasteiger partial charge in [-0.1, -0.05) is 0 Å². The molecule has 1 fully saturated rings. The van der Waals surface area contributed by atoms with Crippen molar-refractivity contribution in [3.8, 4) is 0 Å². The van der Waals surface area contributed by atoms with Crippen LogP contribution in [0.4, 0.5) is 0 Å². The topological polar surface area (TPSA) is 43.8 Å². The highest BCUT2D eigenvalue weighted by atomic mass is 16.4. The van der Waals surface area contributed by atoms with Crippen molar-refractivity contribution < 1.29 is 9.90 Å². The van der Waals surface area contributed by atoms with E-state index in [4.69, 9.17) is 13.1 Å². The van der Waals surface area contributed by atoms with Crippen LogP contribution in [0.1, 0.15) is 13.3 Å². The van der Waals surface area contributed by atoms with E-state index >= 15 is 0 Å². The average molecular weight is 182 g/mol. The third-order valence-electron chi connectivity index (χ3n) is 2.74. The minimum atomic E-state index is -0.765. The van der Waals surface area contributed by atoms with E-state index in [2.05, 4.69) is 4.90 Å². The van der Waals surface area contributed by atoms with Gasteiger partial charge in [0.25, 0.3) is 0 Å². The molecule has 0 spiro atoms. The van der Waals surface area contributed by atoms with E-state index in [1.54, 1.807) is 4.81 Å². The lowest BCUT2D eigenvalue weighted by Gasteiger charge is -2.43. The summed E-state index contributed by atoms with van der Waals surface area (Å²) in [5.74, 6) is -0.765. The van der Waals surface area contributed by atoms with Gasteiger partial charge in [-0.3, -0.25) is 4.79 Å². The van der Waals surface area contributed by atoms with Gasteiger partial charge < -0.3 is 14.8 Å². The van der Waals surface area contributed by atoms with Gasteiger partial charge in [-0.05, 0) is 20.5 Å². The van der Waals surface area contributed by atoms with Crippen molar-refractivity contribution in [1.29, 1.82) is 0 Å². The molecule has 72 valence electrons. The van der Waals surface area contributed by atoms with Crippen molar-refractivity contribution >= 4 is 14.0 Å². The van der Waals surface area contributed by atoms with Crippen molar-refractivity contribution in [2.45, 2.75) is 25.4 Å². The van der Waals surface area contributed by atoms with E-state index in [1.807, 2.05) is 14.0 Å². The first-order chi connectivity index (χ1) is 6.02. The summed E-state index contributed by atoms with van der Waals surface area (Å²) in [6.07, 6.45) is 0.158. The molecule has 1 saturated heterocycles. The van der Waals surface area contributed by atoms with Crippen LogP contribution in [-0.4, -0.2) is 61.0 Å². The molecule has 2 radical (unpaired) electrons. The van der Waals surface area contributed by atoms with E-state index in [0.29, 0.717) is 0 Å². The van der Waals surface area contributed by atoms with Gasteiger partial charge in [0.15, 0.2) is 7.98 Å². The van der Waals surface area contributed by atoms with Crippen LogP contribution in [0, 0.1) is 0 Å². The molecule has 2 unspecified atom stereocenters. The number of aliphatic carboxylic acids is 1. The molecule has 1 N–H and O–H groups in total. The standard InChI is InChI=1S/C8H15BN2O2/c1-6-7(5-8(12)13)10(2)3-4-11(6)9/h6-7H,3-5H2,1-2H3,(H,12,13). The Kier molecular flexibility index (Phi) is 3.33. The predicted octanol–water partition coefficient (Wildman–Crippen LogP) is -0.451. The summed E-state index contributed by atoms with van der Waals surface area (Å²) in [5, 5.41) is 8.70. The Bertz CT molecular complexity index is 201. The summed E-state index contributed by atoms with van der Waals surface area (Å²) in [6, 6.07) is 0.131. The number of rotatable bonds is 2. The second-order valence-electron chi connectivity index (χ2n) is 3.62. The van der Waals surface area contributed by atoms with Gasteiger partial charge in [0, 0.05) is 18.6 Å². The Morgan fingerprint density at radius 3 is 2.77 bits per heavy atom. The van der Waals surface area contributed by atoms with Crippen LogP contribution in [0.5, 0.6) is 0 Å². The average Bonchev–Trinajstić information content (AvgIpc) is 2.05. The van der Waals surface area contributed by atoms with E-state index in [9.17, 15) is 4.79 Å². The zero-order valence-corrected chi connectivity index (χ0v) is 8.10. The molecule has 5 heteroatoms. The van der Waals surface area contributed by atoms with Gasteiger partial charge >= 0.3 is 5.97 Å². The van der Waals surface area contributed by atoms with Crippen molar-refractivity contribution in [1.82, 2.24) is 9.71 Å². The first kappa shape index (κ1) is 10.5. The minimum Gasteiger partial charge on any atom is -0.481 e. The Morgan fingerprint density at radius 1 is 1.62 bits per heavy atom. The van der Waals surface area contributed by atoms with E-state index in [-0.39, 0.29) is 18.5 Å². The highest BCUT2D eigenvalue weighted by molar-refractivity contribution is 6.04. The summed E-state index contributed by atoms with van der Waals surface area (Å²) >= 11 is 0. The number of likely N-dealkylation sites (N-methyl/N-ethyl adjacent to an activating group) is 1. The SMILES string of the molecule is [B]N1CCN(C)C(CC(=O)O)C1C. The predicted molar refractivity (Wildman–Crippen MR) is 50.6 cm³/mol. The van der Waals surface area contributed by atoms with E-state index in [0.717, 1.165) is 13.1 Å². The second-order valence-corrected chi connectivity index (χ2v) is 3.62. The van der Waals surface area contributed by atoms with E-state index in [1.165, 1.54) is 0 Å². The zero-order valence-electron chi connectivity index (χ0n) is 8.10. The first-order valence-corrected chi connectivity index (χ1v) is 4.45. The largest absolute Gasteiger partial charge is 0.481 e. The molecule has 13 heavy (non-hydrogen) atoms. The molecule has 0 aromatic heterocycles. The van der Waals surface area contributed by atoms with Gasteiger partial charge in [-0.25, -0.2) is 0 Å². The van der Waals surface area contributed by atoms with Crippen molar-refractivity contribution in [3.63, 3.8) is 0 Å². The molecule has 2 atom stereocenters. The summed E-state index contributed by atoms with van der Waals surface area (Å²) in [5.41, 5.74) is 0. The highest BCUT2D eigenvalue weighted by Gasteiger charge is 2.30. The molecule has 0 aromatic rings. The molecular weight excluding hydrogens is 167 g/mol. The van der Waals surface area contributed by atoms with Gasteiger partial charge in [0.1, 0.15) is 0 Å². The van der Waals surface area contributed by atoms with Crippen LogP contribution in [-0.2, 0) is 4.79 Å². The Labute approximate surface area is 79.9 Å². The maximum atomic E-state index is 10.6. The van der Waals surface area contributed by atoms with Crippen molar-refractivity contribution in [3.05, 3.63) is 0 Å². The maximum absolute atomic E-state index is 10.6. The summed E-state index contributed by atoms with van der Waals surface area (Å²) in [4.78, 5) is 14.4. The van der Waals surface area contributed by atoms with Crippen LogP contribution in [0.15, 0.2) is 0 Å². The number of carboxylic acids is 1. The van der Waals surface area contributed by atoms with Gasteiger partial charge in [-0.15, -0.1) is 0 Å². The fourth-order valence-electron chi connectivity index (χ4n) is 1.74. The monoisotopic (exact) mass is 182 g/mol. The molecule has 0 aromatic carbocycles. The smallest absolute Gasteiger partial charge is 0.304 e. The molecular formula is C8H15BN2O2. The molecule has 4 nitrogen and oxygen atoms in total. The Morgan fingerprint density at radius 2 is 2.23 bits per heavy atom. The highest BCUT2D eigenvalue weighted by Crippen LogP contribution is 2.16. The number of piperazine rings is 1.